The highest BCUT2D eigenvalue weighted by Gasteiger charge is 2.14. The van der Waals surface area contributed by atoms with E-state index in [1.165, 1.54) is 0 Å². The predicted octanol–water partition coefficient (Wildman–Crippen LogP) is 2.89. The summed E-state index contributed by atoms with van der Waals surface area (Å²) in [6.45, 7) is 7.31. The molecule has 2 N–H and O–H groups in total. The van der Waals surface area contributed by atoms with Gasteiger partial charge in [0.2, 0.25) is 0 Å². The van der Waals surface area contributed by atoms with Gasteiger partial charge in [-0.2, -0.15) is 0 Å². The minimum atomic E-state index is -0.0446. The average Bonchev–Trinajstić information content (AvgIpc) is 2.52. The van der Waals surface area contributed by atoms with Crippen molar-refractivity contribution in [3.8, 4) is 5.75 Å². The summed E-state index contributed by atoms with van der Waals surface area (Å²) >= 11 is 0. The van der Waals surface area contributed by atoms with Gasteiger partial charge in [0, 0.05) is 25.1 Å². The van der Waals surface area contributed by atoms with Gasteiger partial charge in [-0.15, -0.1) is 0 Å². The van der Waals surface area contributed by atoms with Crippen molar-refractivity contribution in [1.82, 2.24) is 4.90 Å². The van der Waals surface area contributed by atoms with Crippen LogP contribution in [0.15, 0.2) is 18.2 Å². The highest BCUT2D eigenvalue weighted by Crippen LogP contribution is 2.23. The normalized spacial score (nSPS) is 10.3. The predicted molar refractivity (Wildman–Crippen MR) is 88.1 cm³/mol. The Labute approximate surface area is 132 Å². The van der Waals surface area contributed by atoms with E-state index in [1.54, 1.807) is 30.0 Å². The minimum Gasteiger partial charge on any atom is -0.482 e. The number of carbonyl (C=O) groups is 2. The lowest BCUT2D eigenvalue weighted by atomic mass is 10.1. The van der Waals surface area contributed by atoms with Gasteiger partial charge in [-0.3, -0.25) is 9.59 Å². The van der Waals surface area contributed by atoms with Crippen LogP contribution < -0.4 is 10.5 Å². The van der Waals surface area contributed by atoms with Gasteiger partial charge in [0.15, 0.2) is 12.4 Å². The maximum Gasteiger partial charge on any atom is 0.260 e. The van der Waals surface area contributed by atoms with Crippen molar-refractivity contribution in [1.29, 1.82) is 0 Å². The third kappa shape index (κ3) is 5.06. The molecule has 1 amide bonds. The maximum atomic E-state index is 12.1. The van der Waals surface area contributed by atoms with E-state index in [0.717, 1.165) is 25.9 Å². The Morgan fingerprint density at radius 1 is 1.14 bits per heavy atom. The summed E-state index contributed by atoms with van der Waals surface area (Å²) in [5, 5.41) is 0. The second-order valence-electron chi connectivity index (χ2n) is 5.20. The second kappa shape index (κ2) is 9.07. The molecule has 0 bridgehead atoms. The van der Waals surface area contributed by atoms with Gasteiger partial charge in [0.1, 0.15) is 5.75 Å². The molecule has 1 aromatic carbocycles. The van der Waals surface area contributed by atoms with Crippen molar-refractivity contribution in [2.75, 3.05) is 25.4 Å². The van der Waals surface area contributed by atoms with Crippen LogP contribution in [0.3, 0.4) is 0 Å². The second-order valence-corrected chi connectivity index (χ2v) is 5.20. The van der Waals surface area contributed by atoms with Gasteiger partial charge in [-0.25, -0.2) is 0 Å². The van der Waals surface area contributed by atoms with Gasteiger partial charge >= 0.3 is 0 Å². The van der Waals surface area contributed by atoms with Crippen LogP contribution in [-0.2, 0) is 4.79 Å². The Hall–Kier alpha value is -2.04. The summed E-state index contributed by atoms with van der Waals surface area (Å²) in [5.74, 6) is 0.428. The van der Waals surface area contributed by atoms with Crippen molar-refractivity contribution >= 4 is 17.4 Å². The molecule has 22 heavy (non-hydrogen) atoms. The molecule has 0 aliphatic heterocycles. The average molecular weight is 306 g/mol. The summed E-state index contributed by atoms with van der Waals surface area (Å²) < 4.78 is 5.51. The molecular formula is C17H26N2O3. The molecule has 0 fully saturated rings. The number of rotatable bonds is 9. The number of anilines is 1. The molecule has 0 spiro atoms. The van der Waals surface area contributed by atoms with Crippen LogP contribution in [0.4, 0.5) is 5.69 Å². The maximum absolute atomic E-state index is 12.1. The van der Waals surface area contributed by atoms with Gasteiger partial charge in [-0.1, -0.05) is 20.8 Å². The number of hydrogen-bond acceptors (Lipinski definition) is 4. The zero-order chi connectivity index (χ0) is 16.5. The highest BCUT2D eigenvalue weighted by atomic mass is 16.5. The molecule has 0 radical (unpaired) electrons. The largest absolute Gasteiger partial charge is 0.482 e. The van der Waals surface area contributed by atoms with Crippen LogP contribution in [0.1, 0.15) is 50.4 Å². The summed E-state index contributed by atoms with van der Waals surface area (Å²) in [7, 11) is 0. The number of ether oxygens (including phenoxy) is 1. The molecule has 5 heteroatoms. The summed E-state index contributed by atoms with van der Waals surface area (Å²) in [4.78, 5) is 25.6. The summed E-state index contributed by atoms with van der Waals surface area (Å²) in [5.41, 5.74) is 6.84. The van der Waals surface area contributed by atoms with E-state index in [1.807, 2.05) is 13.8 Å². The number of benzene rings is 1. The first-order valence-electron chi connectivity index (χ1n) is 7.86. The van der Waals surface area contributed by atoms with Crippen LogP contribution in [0.2, 0.25) is 0 Å². The molecule has 1 aromatic rings. The lowest BCUT2D eigenvalue weighted by molar-refractivity contribution is -0.133. The minimum absolute atomic E-state index is 0.0337. The smallest absolute Gasteiger partial charge is 0.260 e. The first-order chi connectivity index (χ1) is 10.5. The van der Waals surface area contributed by atoms with E-state index in [9.17, 15) is 9.59 Å². The number of nitrogens with zero attached hydrogens (tertiary/aromatic N) is 1. The molecule has 122 valence electrons. The molecule has 1 rings (SSSR count). The Bertz CT molecular complexity index is 509. The van der Waals surface area contributed by atoms with Gasteiger partial charge < -0.3 is 15.4 Å². The number of nitrogens with two attached hydrogens (primary N) is 1. The van der Waals surface area contributed by atoms with Gasteiger partial charge in [0.25, 0.3) is 5.91 Å². The Morgan fingerprint density at radius 2 is 1.77 bits per heavy atom. The SMILES string of the molecule is CCCN(CCC)C(=O)COc1ccc(C(=O)CC)cc1N. The topological polar surface area (TPSA) is 72.6 Å². The monoisotopic (exact) mass is 306 g/mol. The summed E-state index contributed by atoms with van der Waals surface area (Å²) in [6.07, 6.45) is 2.27. The molecule has 0 atom stereocenters. The van der Waals surface area contributed by atoms with E-state index in [0.29, 0.717) is 23.4 Å². The fourth-order valence-electron chi connectivity index (χ4n) is 2.19. The number of ketones is 1. The van der Waals surface area contributed by atoms with Crippen molar-refractivity contribution in [3.63, 3.8) is 0 Å². The van der Waals surface area contributed by atoms with Gasteiger partial charge in [-0.05, 0) is 31.0 Å². The fraction of sp³-hybridized carbons (Fsp3) is 0.529. The van der Waals surface area contributed by atoms with E-state index in [2.05, 4.69) is 0 Å². The van der Waals surface area contributed by atoms with E-state index >= 15 is 0 Å². The molecule has 5 nitrogen and oxygen atoms in total. The standard InChI is InChI=1S/C17H26N2O3/c1-4-9-19(10-5-2)17(21)12-22-16-8-7-13(11-14(16)18)15(20)6-3/h7-8,11H,4-6,9-10,12,18H2,1-3H3. The Kier molecular flexibility index (Phi) is 7.43. The lowest BCUT2D eigenvalue weighted by Crippen LogP contribution is -2.36. The molecule has 0 aliphatic rings. The zero-order valence-corrected chi connectivity index (χ0v) is 13.7. The molecule has 0 aliphatic carbocycles. The molecule has 0 unspecified atom stereocenters. The summed E-state index contributed by atoms with van der Waals surface area (Å²) in [6, 6.07) is 4.93. The molecule has 0 saturated heterocycles. The Balaban J connectivity index is 2.67. The first-order valence-corrected chi connectivity index (χ1v) is 7.86. The van der Waals surface area contributed by atoms with Gasteiger partial charge in [0.05, 0.1) is 5.69 Å². The molecular weight excluding hydrogens is 280 g/mol. The van der Waals surface area contributed by atoms with Crippen LogP contribution in [0, 0.1) is 0 Å². The third-order valence-corrected chi connectivity index (χ3v) is 3.34. The van der Waals surface area contributed by atoms with Crippen LogP contribution >= 0.6 is 0 Å². The number of nitrogen functional groups attached to an aromatic ring is 1. The third-order valence-electron chi connectivity index (χ3n) is 3.34. The number of hydrogen-bond donors (Lipinski definition) is 1. The van der Waals surface area contributed by atoms with Crippen LogP contribution in [0.5, 0.6) is 5.75 Å². The van der Waals surface area contributed by atoms with E-state index in [4.69, 9.17) is 10.5 Å². The quantitative estimate of drug-likeness (QED) is 0.562. The van der Waals surface area contributed by atoms with E-state index < -0.39 is 0 Å². The molecule has 0 aromatic heterocycles. The fourth-order valence-corrected chi connectivity index (χ4v) is 2.19. The van der Waals surface area contributed by atoms with Crippen LogP contribution in [-0.4, -0.2) is 36.3 Å². The van der Waals surface area contributed by atoms with Crippen molar-refractivity contribution in [2.45, 2.75) is 40.0 Å². The number of carbonyl (C=O) groups excluding carboxylic acids is 2. The van der Waals surface area contributed by atoms with Crippen LogP contribution in [0.25, 0.3) is 0 Å². The van der Waals surface area contributed by atoms with Crippen molar-refractivity contribution in [3.05, 3.63) is 23.8 Å². The van der Waals surface area contributed by atoms with E-state index in [-0.39, 0.29) is 18.3 Å². The van der Waals surface area contributed by atoms with Crippen molar-refractivity contribution < 1.29 is 14.3 Å². The molecule has 0 heterocycles. The zero-order valence-electron chi connectivity index (χ0n) is 13.7. The van der Waals surface area contributed by atoms with Crippen molar-refractivity contribution in [2.24, 2.45) is 0 Å². The lowest BCUT2D eigenvalue weighted by Gasteiger charge is -2.21. The first kappa shape index (κ1) is 18.0. The number of Topliss-reactive ketones (excluding diaryl/α,β-unsaturated/α-hetero) is 1. The number of amides is 1. The molecule has 0 saturated carbocycles. The Morgan fingerprint density at radius 3 is 2.27 bits per heavy atom. The highest BCUT2D eigenvalue weighted by molar-refractivity contribution is 5.97.